The van der Waals surface area contributed by atoms with Crippen molar-refractivity contribution in [1.82, 2.24) is 0 Å². The van der Waals surface area contributed by atoms with Crippen LogP contribution in [0.1, 0.15) is 54.1 Å². The maximum Gasteiger partial charge on any atom is 0.339 e. The zero-order valence-electron chi connectivity index (χ0n) is 14.1. The number of benzene rings is 1. The summed E-state index contributed by atoms with van der Waals surface area (Å²) in [6.45, 7) is 9.17. The summed E-state index contributed by atoms with van der Waals surface area (Å²) < 4.78 is 6.00. The second kappa shape index (κ2) is 9.03. The van der Waals surface area contributed by atoms with Crippen LogP contribution in [-0.4, -0.2) is 22.3 Å². The molecule has 1 unspecified atom stereocenters. The molecule has 0 aliphatic carbocycles. The molecule has 0 aromatic heterocycles. The molecule has 0 aliphatic rings. The van der Waals surface area contributed by atoms with E-state index in [9.17, 15) is 15.0 Å². The molecule has 0 radical (unpaired) electrons. The van der Waals surface area contributed by atoms with Gasteiger partial charge in [-0.05, 0) is 44.7 Å². The molecule has 2 N–H and O–H groups in total. The van der Waals surface area contributed by atoms with Crippen molar-refractivity contribution in [2.45, 2.75) is 52.6 Å². The summed E-state index contributed by atoms with van der Waals surface area (Å²) in [7, 11) is 0. The van der Waals surface area contributed by atoms with Crippen LogP contribution in [0.4, 0.5) is 0 Å². The van der Waals surface area contributed by atoms with Gasteiger partial charge < -0.3 is 14.9 Å². The third kappa shape index (κ3) is 5.16. The van der Waals surface area contributed by atoms with Crippen LogP contribution in [0.15, 0.2) is 30.9 Å². The van der Waals surface area contributed by atoms with Crippen LogP contribution in [0, 0.1) is 13.8 Å². The lowest BCUT2D eigenvalue weighted by atomic mass is 10.0. The Morgan fingerprint density at radius 3 is 2.65 bits per heavy atom. The number of hydrogen-bond donors (Lipinski definition) is 2. The molecule has 0 amide bonds. The van der Waals surface area contributed by atoms with Gasteiger partial charge in [0.2, 0.25) is 0 Å². The summed E-state index contributed by atoms with van der Waals surface area (Å²) in [5, 5.41) is 19.3. The van der Waals surface area contributed by atoms with Crippen molar-refractivity contribution in [2.24, 2.45) is 0 Å². The Morgan fingerprint density at radius 2 is 2.09 bits per heavy atom. The first-order valence-electron chi connectivity index (χ1n) is 7.91. The lowest BCUT2D eigenvalue weighted by Gasteiger charge is -2.20. The van der Waals surface area contributed by atoms with Crippen molar-refractivity contribution in [3.8, 4) is 11.5 Å². The Morgan fingerprint density at radius 1 is 1.39 bits per heavy atom. The first-order chi connectivity index (χ1) is 10.9. The van der Waals surface area contributed by atoms with Crippen molar-refractivity contribution in [2.75, 3.05) is 0 Å². The molecule has 0 heterocycles. The van der Waals surface area contributed by atoms with Gasteiger partial charge in [-0.25, -0.2) is 4.79 Å². The van der Waals surface area contributed by atoms with Crippen LogP contribution < -0.4 is 4.74 Å². The SMILES string of the molecule is C=CCC(CC/C=C\CC)Oc1cc(C)c(C(=O)O)c(O)c1C. The molecule has 1 rings (SSSR count). The molecular formula is C19H26O4. The van der Waals surface area contributed by atoms with Crippen molar-refractivity contribution in [3.05, 3.63) is 47.6 Å². The van der Waals surface area contributed by atoms with Gasteiger partial charge in [0.15, 0.2) is 0 Å². The van der Waals surface area contributed by atoms with Crippen LogP contribution >= 0.6 is 0 Å². The fourth-order valence-electron chi connectivity index (χ4n) is 2.42. The van der Waals surface area contributed by atoms with E-state index in [-0.39, 0.29) is 17.4 Å². The molecule has 1 atom stereocenters. The molecule has 0 fully saturated rings. The molecule has 23 heavy (non-hydrogen) atoms. The summed E-state index contributed by atoms with van der Waals surface area (Å²) in [5.41, 5.74) is 0.867. The van der Waals surface area contributed by atoms with Gasteiger partial charge in [0.25, 0.3) is 0 Å². The minimum Gasteiger partial charge on any atom is -0.507 e. The summed E-state index contributed by atoms with van der Waals surface area (Å²) in [4.78, 5) is 11.2. The maximum atomic E-state index is 11.2. The molecule has 0 saturated heterocycles. The summed E-state index contributed by atoms with van der Waals surface area (Å²) in [6, 6.07) is 1.68. The Hall–Kier alpha value is -2.23. The highest BCUT2D eigenvalue weighted by molar-refractivity contribution is 5.93. The molecular weight excluding hydrogens is 292 g/mol. The second-order valence-corrected chi connectivity index (χ2v) is 5.57. The van der Waals surface area contributed by atoms with Gasteiger partial charge in [0.05, 0.1) is 0 Å². The highest BCUT2D eigenvalue weighted by atomic mass is 16.5. The standard InChI is InChI=1S/C19H26O4/c1-5-7-8-9-11-15(10-6-2)23-16-12-13(3)17(19(21)22)18(20)14(16)4/h6-8,12,15,20H,2,5,9-11H2,1,3-4H3,(H,21,22)/b8-7-. The smallest absolute Gasteiger partial charge is 0.339 e. The number of hydrogen-bond acceptors (Lipinski definition) is 3. The molecule has 0 spiro atoms. The molecule has 1 aromatic carbocycles. The lowest BCUT2D eigenvalue weighted by molar-refractivity contribution is 0.0692. The zero-order chi connectivity index (χ0) is 17.4. The van der Waals surface area contributed by atoms with E-state index in [0.717, 1.165) is 19.3 Å². The number of allylic oxidation sites excluding steroid dienone is 2. The number of carbonyl (C=O) groups is 1. The summed E-state index contributed by atoms with van der Waals surface area (Å²) >= 11 is 0. The minimum absolute atomic E-state index is 0.0535. The van der Waals surface area contributed by atoms with Gasteiger partial charge in [-0.3, -0.25) is 0 Å². The number of rotatable bonds is 9. The third-order valence-electron chi connectivity index (χ3n) is 3.70. The van der Waals surface area contributed by atoms with Crippen molar-refractivity contribution in [1.29, 1.82) is 0 Å². The predicted octanol–water partition coefficient (Wildman–Crippen LogP) is 4.78. The maximum absolute atomic E-state index is 11.2. The van der Waals surface area contributed by atoms with Crippen LogP contribution in [0.2, 0.25) is 0 Å². The van der Waals surface area contributed by atoms with Gasteiger partial charge in [-0.2, -0.15) is 0 Å². The summed E-state index contributed by atoms with van der Waals surface area (Å²) in [5.74, 6) is -0.839. The Bertz CT molecular complexity index is 588. The van der Waals surface area contributed by atoms with Crippen molar-refractivity contribution >= 4 is 5.97 Å². The normalized spacial score (nSPS) is 12.3. The first-order valence-corrected chi connectivity index (χ1v) is 7.91. The molecule has 1 aromatic rings. The molecule has 4 nitrogen and oxygen atoms in total. The van der Waals surface area contributed by atoms with Gasteiger partial charge in [-0.1, -0.05) is 25.2 Å². The average molecular weight is 318 g/mol. The van der Waals surface area contributed by atoms with E-state index in [4.69, 9.17) is 4.74 Å². The topological polar surface area (TPSA) is 66.8 Å². The van der Waals surface area contributed by atoms with Crippen LogP contribution in [0.25, 0.3) is 0 Å². The molecule has 4 heteroatoms. The van der Waals surface area contributed by atoms with Gasteiger partial charge in [-0.15, -0.1) is 6.58 Å². The molecule has 0 aliphatic heterocycles. The minimum atomic E-state index is -1.14. The lowest BCUT2D eigenvalue weighted by Crippen LogP contribution is -2.16. The number of aromatic hydroxyl groups is 1. The Labute approximate surface area is 138 Å². The van der Waals surface area contributed by atoms with Crippen molar-refractivity contribution < 1.29 is 19.7 Å². The van der Waals surface area contributed by atoms with Crippen molar-refractivity contribution in [3.63, 3.8) is 0 Å². The number of carboxylic acid groups (broad SMARTS) is 1. The number of phenols is 1. The fourth-order valence-corrected chi connectivity index (χ4v) is 2.42. The van der Waals surface area contributed by atoms with Gasteiger partial charge in [0.1, 0.15) is 23.2 Å². The third-order valence-corrected chi connectivity index (χ3v) is 3.70. The van der Waals surface area contributed by atoms with Crippen LogP contribution in [0.3, 0.4) is 0 Å². The van der Waals surface area contributed by atoms with E-state index in [0.29, 0.717) is 23.3 Å². The Kier molecular flexibility index (Phi) is 7.39. The number of aromatic carboxylic acids is 1. The number of aryl methyl sites for hydroxylation is 1. The second-order valence-electron chi connectivity index (χ2n) is 5.57. The molecule has 126 valence electrons. The fraction of sp³-hybridized carbons (Fsp3) is 0.421. The largest absolute Gasteiger partial charge is 0.507 e. The highest BCUT2D eigenvalue weighted by Gasteiger charge is 2.20. The monoisotopic (exact) mass is 318 g/mol. The van der Waals surface area contributed by atoms with E-state index in [2.05, 4.69) is 25.7 Å². The van der Waals surface area contributed by atoms with E-state index in [1.54, 1.807) is 19.9 Å². The Balaban J connectivity index is 2.98. The van der Waals surface area contributed by atoms with Gasteiger partial charge >= 0.3 is 5.97 Å². The average Bonchev–Trinajstić information content (AvgIpc) is 2.48. The first kappa shape index (κ1) is 18.8. The number of carboxylic acids is 1. The highest BCUT2D eigenvalue weighted by Crippen LogP contribution is 2.34. The van der Waals surface area contributed by atoms with E-state index < -0.39 is 5.97 Å². The molecule has 0 saturated carbocycles. The quantitative estimate of drug-likeness (QED) is 0.643. The van der Waals surface area contributed by atoms with Crippen LogP contribution in [-0.2, 0) is 0 Å². The van der Waals surface area contributed by atoms with E-state index in [1.807, 2.05) is 6.08 Å². The molecule has 0 bridgehead atoms. The van der Waals surface area contributed by atoms with Gasteiger partial charge in [0, 0.05) is 12.0 Å². The zero-order valence-corrected chi connectivity index (χ0v) is 14.1. The van der Waals surface area contributed by atoms with E-state index in [1.165, 1.54) is 0 Å². The number of ether oxygens (including phenoxy) is 1. The van der Waals surface area contributed by atoms with Crippen LogP contribution in [0.5, 0.6) is 11.5 Å². The van der Waals surface area contributed by atoms with E-state index >= 15 is 0 Å². The predicted molar refractivity (Wildman–Crippen MR) is 92.4 cm³/mol. The summed E-state index contributed by atoms with van der Waals surface area (Å²) in [6.07, 6.45) is 9.45.